The summed E-state index contributed by atoms with van der Waals surface area (Å²) in [6.45, 7) is 4.09. The number of nitrogens with one attached hydrogen (secondary N) is 3. The monoisotopic (exact) mass is 487 g/mol. The van der Waals surface area contributed by atoms with Crippen molar-refractivity contribution in [3.05, 3.63) is 80.9 Å². The van der Waals surface area contributed by atoms with E-state index < -0.39 is 11.8 Å². The summed E-state index contributed by atoms with van der Waals surface area (Å²) in [5, 5.41) is 8.64. The third-order valence-corrected chi connectivity index (χ3v) is 6.38. The minimum Gasteiger partial charge on any atom is -0.383 e. The molecule has 2 aromatic carbocycles. The summed E-state index contributed by atoms with van der Waals surface area (Å²) in [4.78, 5) is 27.5. The summed E-state index contributed by atoms with van der Waals surface area (Å²) < 4.78 is 20.9. The molecule has 0 unspecified atom stereocenters. The SMILES string of the molecule is COCCN1C[C@@H](NC(=O)Nc2c(C)c(=O)[nH]n2-c2ccccc2)[C@H](c2ccc(Cl)c(F)c2)C1. The summed E-state index contributed by atoms with van der Waals surface area (Å²) in [6, 6.07) is 13.2. The first-order valence-electron chi connectivity index (χ1n) is 11.0. The Labute approximate surface area is 201 Å². The molecule has 1 aliphatic heterocycles. The van der Waals surface area contributed by atoms with Gasteiger partial charge in [0.2, 0.25) is 0 Å². The summed E-state index contributed by atoms with van der Waals surface area (Å²) >= 11 is 5.87. The van der Waals surface area contributed by atoms with Gasteiger partial charge >= 0.3 is 6.03 Å². The van der Waals surface area contributed by atoms with Crippen LogP contribution in [0.15, 0.2) is 53.3 Å². The molecule has 3 aromatic rings. The zero-order valence-corrected chi connectivity index (χ0v) is 19.7. The summed E-state index contributed by atoms with van der Waals surface area (Å²) in [7, 11) is 1.64. The van der Waals surface area contributed by atoms with Crippen LogP contribution >= 0.6 is 11.6 Å². The number of hydrogen-bond donors (Lipinski definition) is 3. The predicted molar refractivity (Wildman–Crippen MR) is 130 cm³/mol. The van der Waals surface area contributed by atoms with Gasteiger partial charge in [0.1, 0.15) is 11.6 Å². The van der Waals surface area contributed by atoms with E-state index in [1.807, 2.05) is 30.3 Å². The van der Waals surface area contributed by atoms with Gasteiger partial charge in [0.25, 0.3) is 5.56 Å². The smallest absolute Gasteiger partial charge is 0.320 e. The Morgan fingerprint density at radius 2 is 2.00 bits per heavy atom. The van der Waals surface area contributed by atoms with E-state index in [9.17, 15) is 14.0 Å². The van der Waals surface area contributed by atoms with Crippen LogP contribution in [-0.4, -0.2) is 60.1 Å². The number of hydrogen-bond acceptors (Lipinski definition) is 4. The molecule has 0 aliphatic carbocycles. The zero-order chi connectivity index (χ0) is 24.2. The topological polar surface area (TPSA) is 91.4 Å². The maximum Gasteiger partial charge on any atom is 0.320 e. The van der Waals surface area contributed by atoms with Gasteiger partial charge in [-0.1, -0.05) is 35.9 Å². The van der Waals surface area contributed by atoms with E-state index >= 15 is 0 Å². The third-order valence-electron chi connectivity index (χ3n) is 6.07. The fraction of sp³-hybridized carbons (Fsp3) is 0.333. The average molecular weight is 488 g/mol. The van der Waals surface area contributed by atoms with Crippen LogP contribution in [0.1, 0.15) is 17.0 Å². The number of halogens is 2. The lowest BCUT2D eigenvalue weighted by molar-refractivity contribution is 0.159. The molecule has 0 radical (unpaired) electrons. The number of H-pyrrole nitrogens is 1. The van der Waals surface area contributed by atoms with E-state index in [2.05, 4.69) is 20.6 Å². The molecule has 1 aromatic heterocycles. The molecule has 10 heteroatoms. The quantitative estimate of drug-likeness (QED) is 0.475. The van der Waals surface area contributed by atoms with Crippen molar-refractivity contribution >= 4 is 23.4 Å². The van der Waals surface area contributed by atoms with Crippen molar-refractivity contribution < 1.29 is 13.9 Å². The van der Waals surface area contributed by atoms with E-state index in [4.69, 9.17) is 16.3 Å². The van der Waals surface area contributed by atoms with E-state index in [0.29, 0.717) is 43.3 Å². The molecule has 2 amide bonds. The van der Waals surface area contributed by atoms with Crippen LogP contribution in [0.2, 0.25) is 5.02 Å². The number of nitrogens with zero attached hydrogens (tertiary/aromatic N) is 2. The lowest BCUT2D eigenvalue weighted by Gasteiger charge is -2.21. The lowest BCUT2D eigenvalue weighted by Crippen LogP contribution is -2.42. The maximum absolute atomic E-state index is 14.2. The molecule has 0 saturated carbocycles. The van der Waals surface area contributed by atoms with Crippen LogP contribution in [0.25, 0.3) is 5.69 Å². The fourth-order valence-corrected chi connectivity index (χ4v) is 4.38. The number of amides is 2. The van der Waals surface area contributed by atoms with Crippen LogP contribution in [-0.2, 0) is 4.74 Å². The summed E-state index contributed by atoms with van der Waals surface area (Å²) in [6.07, 6.45) is 0. The molecule has 180 valence electrons. The van der Waals surface area contributed by atoms with Crippen molar-refractivity contribution in [2.45, 2.75) is 18.9 Å². The summed E-state index contributed by atoms with van der Waals surface area (Å²) in [5.74, 6) is -0.275. The predicted octanol–water partition coefficient (Wildman–Crippen LogP) is 3.50. The van der Waals surface area contributed by atoms with Crippen molar-refractivity contribution in [2.75, 3.05) is 38.7 Å². The van der Waals surface area contributed by atoms with Crippen molar-refractivity contribution in [3.8, 4) is 5.69 Å². The number of urea groups is 1. The van der Waals surface area contributed by atoms with E-state index in [0.717, 1.165) is 5.56 Å². The molecule has 1 fully saturated rings. The van der Waals surface area contributed by atoms with Crippen LogP contribution in [0.5, 0.6) is 0 Å². The Hall–Kier alpha value is -3.14. The zero-order valence-electron chi connectivity index (χ0n) is 19.0. The molecule has 34 heavy (non-hydrogen) atoms. The molecule has 1 saturated heterocycles. The van der Waals surface area contributed by atoms with Crippen LogP contribution in [0.3, 0.4) is 0 Å². The van der Waals surface area contributed by atoms with Crippen molar-refractivity contribution in [3.63, 3.8) is 0 Å². The number of carbonyl (C=O) groups is 1. The highest BCUT2D eigenvalue weighted by Crippen LogP contribution is 2.30. The highest BCUT2D eigenvalue weighted by Gasteiger charge is 2.35. The van der Waals surface area contributed by atoms with Gasteiger partial charge in [0.05, 0.1) is 28.9 Å². The minimum absolute atomic E-state index is 0.0575. The van der Waals surface area contributed by atoms with Crippen molar-refractivity contribution in [1.82, 2.24) is 20.0 Å². The Kier molecular flexibility index (Phi) is 7.35. The van der Waals surface area contributed by atoms with Gasteiger partial charge in [-0.2, -0.15) is 0 Å². The molecule has 1 aliphatic rings. The van der Waals surface area contributed by atoms with Gasteiger partial charge < -0.3 is 10.1 Å². The third kappa shape index (κ3) is 5.16. The van der Waals surface area contributed by atoms with Crippen molar-refractivity contribution in [1.29, 1.82) is 0 Å². The molecule has 0 bridgehead atoms. The highest BCUT2D eigenvalue weighted by atomic mass is 35.5. The second-order valence-electron chi connectivity index (χ2n) is 8.32. The molecule has 4 rings (SSSR count). The van der Waals surface area contributed by atoms with Gasteiger partial charge in [0.15, 0.2) is 0 Å². The first-order chi connectivity index (χ1) is 16.4. The summed E-state index contributed by atoms with van der Waals surface area (Å²) in [5.41, 5.74) is 1.57. The molecule has 2 atom stereocenters. The molecule has 3 N–H and O–H groups in total. The second-order valence-corrected chi connectivity index (χ2v) is 8.73. The number of rotatable bonds is 7. The number of aromatic amines is 1. The number of aromatic nitrogens is 2. The minimum atomic E-state index is -0.493. The molecule has 0 spiro atoms. The normalized spacial score (nSPS) is 18.2. The number of methoxy groups -OCH3 is 1. The lowest BCUT2D eigenvalue weighted by atomic mass is 9.94. The van der Waals surface area contributed by atoms with Gasteiger partial charge in [-0.05, 0) is 36.8 Å². The largest absolute Gasteiger partial charge is 0.383 e. The van der Waals surface area contributed by atoms with Crippen LogP contribution < -0.4 is 16.2 Å². The first kappa shape index (κ1) is 24.0. The van der Waals surface area contributed by atoms with E-state index in [1.165, 1.54) is 12.1 Å². The fourth-order valence-electron chi connectivity index (χ4n) is 4.26. The average Bonchev–Trinajstić information content (AvgIpc) is 3.35. The van der Waals surface area contributed by atoms with Gasteiger partial charge in [0, 0.05) is 32.7 Å². The van der Waals surface area contributed by atoms with Gasteiger partial charge in [-0.3, -0.25) is 20.1 Å². The Bertz CT molecular complexity index is 1210. The molecule has 8 nitrogen and oxygen atoms in total. The number of carbonyl (C=O) groups excluding carboxylic acids is 1. The standard InChI is InChI=1S/C24H27ClFN5O3/c1-15-22(31(29-23(15)32)17-6-4-3-5-7-17)28-24(33)27-21-14-30(10-11-34-2)13-18(21)16-8-9-19(25)20(26)12-16/h3-9,12,18,21H,10-11,13-14H2,1-2H3,(H,29,32)(H2,27,28,33)/t18-,21+/m0/s1. The Balaban J connectivity index is 1.55. The number of ether oxygens (including phenoxy) is 1. The maximum atomic E-state index is 14.2. The molecule has 2 heterocycles. The van der Waals surface area contributed by atoms with Crippen molar-refractivity contribution in [2.24, 2.45) is 0 Å². The number of likely N-dealkylation sites (tertiary alicyclic amines) is 1. The Morgan fingerprint density at radius 1 is 1.24 bits per heavy atom. The van der Waals surface area contributed by atoms with Gasteiger partial charge in [-0.25, -0.2) is 13.9 Å². The number of para-hydroxylation sites is 1. The second kappa shape index (κ2) is 10.4. The highest BCUT2D eigenvalue weighted by molar-refractivity contribution is 6.30. The number of anilines is 1. The molecular formula is C24H27ClFN5O3. The van der Waals surface area contributed by atoms with E-state index in [1.54, 1.807) is 24.8 Å². The number of benzene rings is 2. The van der Waals surface area contributed by atoms with E-state index in [-0.39, 0.29) is 22.5 Å². The van der Waals surface area contributed by atoms with Crippen LogP contribution in [0, 0.1) is 12.7 Å². The van der Waals surface area contributed by atoms with Crippen LogP contribution in [0.4, 0.5) is 15.0 Å². The first-order valence-corrected chi connectivity index (χ1v) is 11.4. The Morgan fingerprint density at radius 3 is 2.71 bits per heavy atom. The molecular weight excluding hydrogens is 461 g/mol. The van der Waals surface area contributed by atoms with Gasteiger partial charge in [-0.15, -0.1) is 0 Å².